The maximum atomic E-state index is 12.6. The highest BCUT2D eigenvalue weighted by Gasteiger charge is 2.74. The first kappa shape index (κ1) is 41.1. The van der Waals surface area contributed by atoms with Crippen molar-refractivity contribution in [2.75, 3.05) is 20.3 Å². The lowest BCUT2D eigenvalue weighted by Crippen LogP contribution is -2.75. The van der Waals surface area contributed by atoms with Crippen molar-refractivity contribution < 1.29 is 69.6 Å². The van der Waals surface area contributed by atoms with Gasteiger partial charge in [-0.05, 0) is 74.0 Å². The molecule has 4 saturated carbocycles. The molecule has 14 nitrogen and oxygen atoms in total. The molecule has 0 aromatic rings. The lowest BCUT2D eigenvalue weighted by molar-refractivity contribution is -0.315. The van der Waals surface area contributed by atoms with Crippen LogP contribution in [0.1, 0.15) is 92.4 Å². The Labute approximate surface area is 307 Å². The van der Waals surface area contributed by atoms with E-state index in [1.54, 1.807) is 0 Å². The van der Waals surface area contributed by atoms with Gasteiger partial charge in [-0.3, -0.25) is 0 Å². The summed E-state index contributed by atoms with van der Waals surface area (Å²) >= 11 is 0. The van der Waals surface area contributed by atoms with Gasteiger partial charge in [-0.1, -0.05) is 34.6 Å². The highest BCUT2D eigenvalue weighted by Crippen LogP contribution is 2.70. The van der Waals surface area contributed by atoms with Crippen molar-refractivity contribution in [2.24, 2.45) is 40.4 Å². The van der Waals surface area contributed by atoms with E-state index < -0.39 is 102 Å². The van der Waals surface area contributed by atoms with Crippen LogP contribution in [0.4, 0.5) is 0 Å². The van der Waals surface area contributed by atoms with Crippen molar-refractivity contribution in [1.82, 2.24) is 0 Å². The minimum Gasteiger partial charge on any atom is -0.394 e. The van der Waals surface area contributed by atoms with Gasteiger partial charge in [0.05, 0.1) is 48.8 Å². The number of rotatable bonds is 11. The van der Waals surface area contributed by atoms with Crippen molar-refractivity contribution >= 4 is 0 Å². The van der Waals surface area contributed by atoms with Crippen molar-refractivity contribution in [3.05, 3.63) is 0 Å². The lowest BCUT2D eigenvalue weighted by atomic mass is 9.40. The van der Waals surface area contributed by atoms with Crippen molar-refractivity contribution in [3.63, 3.8) is 0 Å². The van der Waals surface area contributed by atoms with Crippen LogP contribution in [0.5, 0.6) is 0 Å². The third-order valence-corrected chi connectivity index (χ3v) is 15.0. The summed E-state index contributed by atoms with van der Waals surface area (Å²) in [4.78, 5) is 0. The van der Waals surface area contributed by atoms with Crippen LogP contribution >= 0.6 is 0 Å². The maximum Gasteiger partial charge on any atom is 0.187 e. The number of fused-ring (bicyclic) bond motifs is 5. The van der Waals surface area contributed by atoms with Gasteiger partial charge >= 0.3 is 0 Å². The van der Waals surface area contributed by atoms with E-state index in [2.05, 4.69) is 13.8 Å². The van der Waals surface area contributed by atoms with Crippen LogP contribution in [-0.4, -0.2) is 151 Å². The van der Waals surface area contributed by atoms with Crippen molar-refractivity contribution in [3.8, 4) is 0 Å². The van der Waals surface area contributed by atoms with Gasteiger partial charge in [0.15, 0.2) is 12.6 Å². The summed E-state index contributed by atoms with van der Waals surface area (Å²) < 4.78 is 29.5. The average Bonchev–Trinajstić information content (AvgIpc) is 3.53. The largest absolute Gasteiger partial charge is 0.394 e. The maximum absolute atomic E-state index is 12.6. The zero-order valence-corrected chi connectivity index (χ0v) is 31.7. The lowest BCUT2D eigenvalue weighted by Gasteiger charge is -2.68. The van der Waals surface area contributed by atoms with Crippen LogP contribution in [-0.2, 0) is 23.7 Å². The molecule has 0 spiro atoms. The van der Waals surface area contributed by atoms with E-state index in [0.29, 0.717) is 32.1 Å². The molecule has 0 amide bonds. The van der Waals surface area contributed by atoms with Gasteiger partial charge in [0.2, 0.25) is 0 Å². The molecular weight excluding hydrogens is 680 g/mol. The highest BCUT2D eigenvalue weighted by atomic mass is 16.8. The highest BCUT2D eigenvalue weighted by molar-refractivity contribution is 5.24. The first-order chi connectivity index (χ1) is 24.4. The van der Waals surface area contributed by atoms with Crippen LogP contribution < -0.4 is 0 Å². The second-order valence-electron chi connectivity index (χ2n) is 18.2. The van der Waals surface area contributed by atoms with Gasteiger partial charge in [0.25, 0.3) is 0 Å². The normalized spacial score (nSPS) is 53.3. The second kappa shape index (κ2) is 15.1. The van der Waals surface area contributed by atoms with E-state index in [0.717, 1.165) is 12.8 Å². The Morgan fingerprint density at radius 1 is 0.846 bits per heavy atom. The molecule has 6 fully saturated rings. The average molecular weight is 747 g/mol. The van der Waals surface area contributed by atoms with Crippen LogP contribution in [0.3, 0.4) is 0 Å². The second-order valence-corrected chi connectivity index (χ2v) is 18.2. The summed E-state index contributed by atoms with van der Waals surface area (Å²) in [5.74, 6) is -0.584. The molecule has 4 aliphatic carbocycles. The third kappa shape index (κ3) is 6.61. The zero-order chi connectivity index (χ0) is 38.1. The Morgan fingerprint density at radius 3 is 2.21 bits per heavy atom. The summed E-state index contributed by atoms with van der Waals surface area (Å²) in [6, 6.07) is 0. The van der Waals surface area contributed by atoms with Crippen LogP contribution in [0.25, 0.3) is 0 Å². The van der Waals surface area contributed by atoms with E-state index in [9.17, 15) is 46.0 Å². The van der Waals surface area contributed by atoms with Gasteiger partial charge in [-0.2, -0.15) is 0 Å². The minimum absolute atomic E-state index is 0.0299. The Bertz CT molecular complexity index is 1230. The van der Waals surface area contributed by atoms with Crippen molar-refractivity contribution in [1.29, 1.82) is 0 Å². The fourth-order valence-corrected chi connectivity index (χ4v) is 12.1. The molecular formula is C38H66O14. The molecule has 6 aliphatic rings. The molecule has 2 aliphatic heterocycles. The van der Waals surface area contributed by atoms with E-state index in [4.69, 9.17) is 23.7 Å². The summed E-state index contributed by atoms with van der Waals surface area (Å²) in [5.41, 5.74) is -4.09. The fraction of sp³-hybridized carbons (Fsp3) is 1.00. The van der Waals surface area contributed by atoms with E-state index in [1.165, 1.54) is 7.11 Å². The van der Waals surface area contributed by atoms with Gasteiger partial charge in [-0.15, -0.1) is 0 Å². The standard InChI is InChI=1S/C38H66O14/c1-18(2)24(50-34-31(29(45)25(16-39)51-34)52-33-30(48-6)28(44)23(42)17-49-33)8-7-19(3)21-13-22(41)32-35(21,4)11-10-26-36(5)12-9-20(40)14-38(36,47)27(43)15-37(26,32)46/h18-34,39-47H,7-17H2,1-6H3/t19-,20+,21-,22+,23-,24+,25+,26-,27-,28+,29+,30-,31-,32-,33+,34-,35-,36-,37+,38+/m1/s1. The predicted octanol–water partition coefficient (Wildman–Crippen LogP) is 0.192. The summed E-state index contributed by atoms with van der Waals surface area (Å²) in [6.07, 6.45) is -7.77. The Morgan fingerprint density at radius 2 is 1.56 bits per heavy atom. The molecule has 2 saturated heterocycles. The van der Waals surface area contributed by atoms with E-state index in [1.807, 2.05) is 20.8 Å². The van der Waals surface area contributed by atoms with Crippen LogP contribution in [0.15, 0.2) is 0 Å². The first-order valence-electron chi connectivity index (χ1n) is 19.6. The first-order valence-corrected chi connectivity index (χ1v) is 19.6. The zero-order valence-electron chi connectivity index (χ0n) is 31.7. The third-order valence-electron chi connectivity index (χ3n) is 15.0. The fourth-order valence-electron chi connectivity index (χ4n) is 12.1. The summed E-state index contributed by atoms with van der Waals surface area (Å²) in [5, 5.41) is 99.6. The Balaban J connectivity index is 1.14. The number of aliphatic hydroxyl groups excluding tert-OH is 7. The Hall–Kier alpha value is -0.560. The summed E-state index contributed by atoms with van der Waals surface area (Å²) in [6.45, 7) is 9.67. The molecule has 302 valence electrons. The van der Waals surface area contributed by atoms with Crippen molar-refractivity contribution in [2.45, 2.75) is 177 Å². The van der Waals surface area contributed by atoms with Gasteiger partial charge in [0, 0.05) is 31.3 Å². The molecule has 0 unspecified atom stereocenters. The van der Waals surface area contributed by atoms with Crippen LogP contribution in [0, 0.1) is 40.4 Å². The SMILES string of the molecule is CO[C@H]1[C@H](O[C@H]2[C@H](O[C@@H](CC[C@@H](C)[C@H]3C[C@H](O)[C@@H]4[C@]3(C)CC[C@H]3[C@@]4(O)C[C@@H](O)[C@@]4(O)C[C@@H](O)CC[C@]34C)C(C)C)O[C@@H](CO)[C@@H]2O)OC[C@@H](O)[C@@H]1O. The van der Waals surface area contributed by atoms with Crippen LogP contribution in [0.2, 0.25) is 0 Å². The van der Waals surface area contributed by atoms with Gasteiger partial charge < -0.3 is 69.6 Å². The smallest absolute Gasteiger partial charge is 0.187 e. The topological polar surface area (TPSA) is 228 Å². The van der Waals surface area contributed by atoms with E-state index >= 15 is 0 Å². The predicted molar refractivity (Wildman–Crippen MR) is 184 cm³/mol. The molecule has 2 heterocycles. The monoisotopic (exact) mass is 746 g/mol. The Kier molecular flexibility index (Phi) is 11.9. The number of aliphatic hydroxyl groups is 9. The summed E-state index contributed by atoms with van der Waals surface area (Å²) in [7, 11) is 1.35. The minimum atomic E-state index is -1.50. The molecule has 0 bridgehead atoms. The van der Waals surface area contributed by atoms with Gasteiger partial charge in [-0.25, -0.2) is 0 Å². The molecule has 0 aromatic carbocycles. The molecule has 52 heavy (non-hydrogen) atoms. The number of ether oxygens (including phenoxy) is 5. The number of methoxy groups -OCH3 is 1. The molecule has 9 N–H and O–H groups in total. The quantitative estimate of drug-likeness (QED) is 0.138. The molecule has 0 aromatic heterocycles. The molecule has 20 atom stereocenters. The van der Waals surface area contributed by atoms with E-state index in [-0.39, 0.29) is 49.2 Å². The molecule has 0 radical (unpaired) electrons. The molecule has 6 rings (SSSR count). The number of hydrogen-bond donors (Lipinski definition) is 9. The molecule has 14 heteroatoms. The van der Waals surface area contributed by atoms with Gasteiger partial charge in [0.1, 0.15) is 36.6 Å². The number of hydrogen-bond acceptors (Lipinski definition) is 14.